The molecule has 6 heteroatoms. The molecule has 0 fully saturated rings. The summed E-state index contributed by atoms with van der Waals surface area (Å²) >= 11 is 0. The second-order valence-electron chi connectivity index (χ2n) is 8.38. The topological polar surface area (TPSA) is 76.2 Å². The van der Waals surface area contributed by atoms with Gasteiger partial charge in [0.25, 0.3) is 0 Å². The van der Waals surface area contributed by atoms with Crippen LogP contribution in [0.15, 0.2) is 78.9 Å². The molecule has 1 aliphatic rings. The Bertz CT molecular complexity index is 1520. The maximum Gasteiger partial charge on any atom is 0.231 e. The highest BCUT2D eigenvalue weighted by atomic mass is 16.7. The van der Waals surface area contributed by atoms with E-state index in [1.54, 1.807) is 6.07 Å². The number of nitrogens with zero attached hydrogens (tertiary/aromatic N) is 1. The Morgan fingerprint density at radius 1 is 0.941 bits per heavy atom. The van der Waals surface area contributed by atoms with Gasteiger partial charge < -0.3 is 19.8 Å². The number of hydrogen-bond acceptors (Lipinski definition) is 4. The Balaban J connectivity index is 1.21. The summed E-state index contributed by atoms with van der Waals surface area (Å²) in [6, 6.07) is 26.0. The van der Waals surface area contributed by atoms with Gasteiger partial charge in [-0.25, -0.2) is 4.98 Å². The van der Waals surface area contributed by atoms with Crippen molar-refractivity contribution in [1.82, 2.24) is 9.97 Å². The first-order valence-corrected chi connectivity index (χ1v) is 11.4. The van der Waals surface area contributed by atoms with Crippen LogP contribution < -0.4 is 14.8 Å². The van der Waals surface area contributed by atoms with E-state index in [1.165, 1.54) is 10.9 Å². The van der Waals surface area contributed by atoms with Gasteiger partial charge in [-0.05, 0) is 48.7 Å². The summed E-state index contributed by atoms with van der Waals surface area (Å²) in [5, 5.41) is 5.25. The number of rotatable bonds is 6. The lowest BCUT2D eigenvalue weighted by Gasteiger charge is -2.08. The highest BCUT2D eigenvalue weighted by molar-refractivity contribution is 5.93. The molecule has 6 rings (SSSR count). The molecule has 0 radical (unpaired) electrons. The standard InChI is InChI=1S/C28H23N3O3/c32-27(29-19-13-15-25-26(16-19)34-17-33-25)11-5-8-21-20-7-2-4-10-23(20)31-28(21)24-14-12-18-6-1-3-9-22(18)30-24/h1-4,6-7,9-10,12-16,31H,5,8,11,17H2,(H,29,32). The van der Waals surface area contributed by atoms with E-state index in [0.717, 1.165) is 40.6 Å². The Labute approximate surface area is 196 Å². The van der Waals surface area contributed by atoms with Crippen molar-refractivity contribution < 1.29 is 14.3 Å². The molecule has 34 heavy (non-hydrogen) atoms. The maximum absolute atomic E-state index is 12.6. The summed E-state index contributed by atoms with van der Waals surface area (Å²) in [5.41, 5.74) is 5.87. The number of carbonyl (C=O) groups excluding carboxylic acids is 1. The Hall–Kier alpha value is -4.32. The van der Waals surface area contributed by atoms with Gasteiger partial charge >= 0.3 is 0 Å². The Morgan fingerprint density at radius 2 is 1.79 bits per heavy atom. The molecular weight excluding hydrogens is 426 g/mol. The van der Waals surface area contributed by atoms with Crippen molar-refractivity contribution in [3.05, 3.63) is 84.4 Å². The summed E-state index contributed by atoms with van der Waals surface area (Å²) < 4.78 is 10.7. The minimum absolute atomic E-state index is 0.0240. The van der Waals surface area contributed by atoms with Gasteiger partial charge in [0.1, 0.15) is 0 Å². The van der Waals surface area contributed by atoms with Crippen LogP contribution in [0.2, 0.25) is 0 Å². The van der Waals surface area contributed by atoms with Crippen LogP contribution in [0.5, 0.6) is 11.5 Å². The number of hydrogen-bond donors (Lipinski definition) is 2. The number of H-pyrrole nitrogens is 1. The van der Waals surface area contributed by atoms with Crippen molar-refractivity contribution in [1.29, 1.82) is 0 Å². The number of benzene rings is 3. The molecule has 0 aliphatic carbocycles. The number of anilines is 1. The second kappa shape index (κ2) is 8.56. The summed E-state index contributed by atoms with van der Waals surface area (Å²) in [5.74, 6) is 1.33. The minimum Gasteiger partial charge on any atom is -0.454 e. The molecule has 6 nitrogen and oxygen atoms in total. The molecule has 0 saturated heterocycles. The number of carbonyl (C=O) groups is 1. The van der Waals surface area contributed by atoms with Crippen molar-refractivity contribution >= 4 is 33.4 Å². The first-order chi connectivity index (χ1) is 16.7. The fraction of sp³-hybridized carbons (Fsp3) is 0.143. The lowest BCUT2D eigenvalue weighted by molar-refractivity contribution is -0.116. The van der Waals surface area contributed by atoms with Gasteiger partial charge in [0.05, 0.1) is 16.9 Å². The molecule has 0 spiro atoms. The zero-order valence-electron chi connectivity index (χ0n) is 18.5. The average Bonchev–Trinajstić information content (AvgIpc) is 3.48. The quantitative estimate of drug-likeness (QED) is 0.330. The molecule has 2 aromatic heterocycles. The molecule has 3 heterocycles. The fourth-order valence-electron chi connectivity index (χ4n) is 4.51. The van der Waals surface area contributed by atoms with Gasteiger partial charge in [-0.2, -0.15) is 0 Å². The van der Waals surface area contributed by atoms with Crippen LogP contribution in [0.25, 0.3) is 33.2 Å². The van der Waals surface area contributed by atoms with E-state index in [2.05, 4.69) is 40.6 Å². The van der Waals surface area contributed by atoms with Crippen molar-refractivity contribution in [3.63, 3.8) is 0 Å². The van der Waals surface area contributed by atoms with Crippen molar-refractivity contribution in [2.24, 2.45) is 0 Å². The van der Waals surface area contributed by atoms with Crippen molar-refractivity contribution in [3.8, 4) is 22.9 Å². The third-order valence-corrected chi connectivity index (χ3v) is 6.16. The van der Waals surface area contributed by atoms with E-state index in [0.29, 0.717) is 23.6 Å². The molecular formula is C28H23N3O3. The number of ether oxygens (including phenoxy) is 2. The molecule has 0 atom stereocenters. The van der Waals surface area contributed by atoms with Crippen LogP contribution in [0.4, 0.5) is 5.69 Å². The third-order valence-electron chi connectivity index (χ3n) is 6.16. The number of para-hydroxylation sites is 2. The number of fused-ring (bicyclic) bond motifs is 3. The fourth-order valence-corrected chi connectivity index (χ4v) is 4.51. The lowest BCUT2D eigenvalue weighted by atomic mass is 10.0. The van der Waals surface area contributed by atoms with Gasteiger partial charge in [-0.3, -0.25) is 4.79 Å². The minimum atomic E-state index is -0.0240. The van der Waals surface area contributed by atoms with E-state index < -0.39 is 0 Å². The second-order valence-corrected chi connectivity index (χ2v) is 8.38. The van der Waals surface area contributed by atoms with Gasteiger partial charge in [0.2, 0.25) is 12.7 Å². The Morgan fingerprint density at radius 3 is 2.76 bits per heavy atom. The molecule has 0 unspecified atom stereocenters. The first kappa shape index (κ1) is 20.3. The van der Waals surface area contributed by atoms with E-state index in [9.17, 15) is 4.79 Å². The number of pyridine rings is 1. The molecule has 168 valence electrons. The highest BCUT2D eigenvalue weighted by Gasteiger charge is 2.16. The predicted octanol–water partition coefficient (Wildman–Crippen LogP) is 6.07. The van der Waals surface area contributed by atoms with Gasteiger partial charge in [-0.1, -0.05) is 42.5 Å². The summed E-state index contributed by atoms with van der Waals surface area (Å²) in [7, 11) is 0. The molecule has 0 saturated carbocycles. The van der Waals surface area contributed by atoms with E-state index in [-0.39, 0.29) is 12.7 Å². The zero-order valence-corrected chi connectivity index (χ0v) is 18.5. The normalized spacial score (nSPS) is 12.4. The molecule has 1 aliphatic heterocycles. The average molecular weight is 450 g/mol. The molecule has 5 aromatic rings. The highest BCUT2D eigenvalue weighted by Crippen LogP contribution is 2.34. The monoisotopic (exact) mass is 449 g/mol. The predicted molar refractivity (Wildman–Crippen MR) is 133 cm³/mol. The molecule has 2 N–H and O–H groups in total. The summed E-state index contributed by atoms with van der Waals surface area (Å²) in [6.45, 7) is 0.214. The molecule has 1 amide bonds. The number of amides is 1. The summed E-state index contributed by atoms with van der Waals surface area (Å²) in [6.07, 6.45) is 1.90. The van der Waals surface area contributed by atoms with Gasteiger partial charge in [0, 0.05) is 34.5 Å². The molecule has 3 aromatic carbocycles. The molecule has 0 bridgehead atoms. The number of aromatic nitrogens is 2. The first-order valence-electron chi connectivity index (χ1n) is 11.4. The van der Waals surface area contributed by atoms with Crippen molar-refractivity contribution in [2.45, 2.75) is 19.3 Å². The third kappa shape index (κ3) is 3.83. The van der Waals surface area contributed by atoms with Crippen LogP contribution in [-0.2, 0) is 11.2 Å². The zero-order chi connectivity index (χ0) is 22.9. The van der Waals surface area contributed by atoms with E-state index >= 15 is 0 Å². The van der Waals surface area contributed by atoms with Crippen LogP contribution in [0.1, 0.15) is 18.4 Å². The number of aryl methyl sites for hydroxylation is 1. The van der Waals surface area contributed by atoms with E-state index in [1.807, 2.05) is 42.5 Å². The summed E-state index contributed by atoms with van der Waals surface area (Å²) in [4.78, 5) is 21.1. The lowest BCUT2D eigenvalue weighted by Crippen LogP contribution is -2.11. The van der Waals surface area contributed by atoms with Gasteiger partial charge in [-0.15, -0.1) is 0 Å². The van der Waals surface area contributed by atoms with Gasteiger partial charge in [0.15, 0.2) is 11.5 Å². The van der Waals surface area contributed by atoms with Crippen LogP contribution >= 0.6 is 0 Å². The van der Waals surface area contributed by atoms with Crippen LogP contribution in [0, 0.1) is 0 Å². The smallest absolute Gasteiger partial charge is 0.231 e. The van der Waals surface area contributed by atoms with Crippen molar-refractivity contribution in [2.75, 3.05) is 12.1 Å². The largest absolute Gasteiger partial charge is 0.454 e. The maximum atomic E-state index is 12.6. The van der Waals surface area contributed by atoms with E-state index in [4.69, 9.17) is 14.5 Å². The van der Waals surface area contributed by atoms with Crippen LogP contribution in [-0.4, -0.2) is 22.7 Å². The number of aromatic amines is 1. The SMILES string of the molecule is O=C(CCCc1c(-c2ccc3ccccc3n2)[nH]c2ccccc12)Nc1ccc2c(c1)OCO2. The number of nitrogens with one attached hydrogen (secondary N) is 2. The Kier molecular flexibility index (Phi) is 5.11. The van der Waals surface area contributed by atoms with Crippen LogP contribution in [0.3, 0.4) is 0 Å².